The topological polar surface area (TPSA) is 67.5 Å². The number of carbonyl (C=O) groups is 1. The third kappa shape index (κ3) is 1.89. The number of hydrogen-bond donors (Lipinski definition) is 1. The van der Waals surface area contributed by atoms with Crippen molar-refractivity contribution in [3.05, 3.63) is 54.0 Å². The summed E-state index contributed by atoms with van der Waals surface area (Å²) in [5.74, 6) is -2.95. The average Bonchev–Trinajstić information content (AvgIpc) is 2.86. The van der Waals surface area contributed by atoms with Crippen LogP contribution in [-0.2, 0) is 0 Å². The first-order chi connectivity index (χ1) is 9.56. The van der Waals surface area contributed by atoms with Crippen molar-refractivity contribution in [2.45, 2.75) is 0 Å². The molecule has 0 fully saturated rings. The zero-order chi connectivity index (χ0) is 14.3. The Bertz CT molecular complexity index is 830. The van der Waals surface area contributed by atoms with Gasteiger partial charge >= 0.3 is 5.97 Å². The number of carboxylic acid groups (broad SMARTS) is 1. The van der Waals surface area contributed by atoms with Crippen molar-refractivity contribution in [3.63, 3.8) is 0 Å². The SMILES string of the molecule is O=C(O)c1cn2c(-c3ccc(F)c(F)c3)ccnc2n1. The number of aromatic carboxylic acids is 1. The van der Waals surface area contributed by atoms with Gasteiger partial charge in [-0.1, -0.05) is 0 Å². The largest absolute Gasteiger partial charge is 0.476 e. The Balaban J connectivity index is 2.24. The van der Waals surface area contributed by atoms with Crippen LogP contribution in [0.4, 0.5) is 8.78 Å². The van der Waals surface area contributed by atoms with E-state index >= 15 is 0 Å². The predicted molar refractivity (Wildman–Crippen MR) is 65.3 cm³/mol. The highest BCUT2D eigenvalue weighted by Crippen LogP contribution is 2.22. The summed E-state index contributed by atoms with van der Waals surface area (Å²) in [6.45, 7) is 0. The zero-order valence-corrected chi connectivity index (χ0v) is 9.92. The van der Waals surface area contributed by atoms with Gasteiger partial charge in [-0.2, -0.15) is 0 Å². The van der Waals surface area contributed by atoms with E-state index in [2.05, 4.69) is 9.97 Å². The van der Waals surface area contributed by atoms with E-state index in [1.54, 1.807) is 6.07 Å². The highest BCUT2D eigenvalue weighted by atomic mass is 19.2. The summed E-state index contributed by atoms with van der Waals surface area (Å²) >= 11 is 0. The summed E-state index contributed by atoms with van der Waals surface area (Å²) in [6.07, 6.45) is 2.70. The Morgan fingerprint density at radius 3 is 2.70 bits per heavy atom. The monoisotopic (exact) mass is 275 g/mol. The average molecular weight is 275 g/mol. The van der Waals surface area contributed by atoms with Gasteiger partial charge in [0, 0.05) is 18.0 Å². The third-order valence-electron chi connectivity index (χ3n) is 2.80. The minimum absolute atomic E-state index is 0.171. The summed E-state index contributed by atoms with van der Waals surface area (Å²) in [7, 11) is 0. The van der Waals surface area contributed by atoms with Crippen molar-refractivity contribution in [3.8, 4) is 11.3 Å². The van der Waals surface area contributed by atoms with Crippen molar-refractivity contribution >= 4 is 11.7 Å². The van der Waals surface area contributed by atoms with Gasteiger partial charge in [-0.25, -0.2) is 23.5 Å². The first-order valence-electron chi connectivity index (χ1n) is 5.59. The number of hydrogen-bond acceptors (Lipinski definition) is 3. The molecule has 0 unspecified atom stereocenters. The van der Waals surface area contributed by atoms with Crippen LogP contribution in [-0.4, -0.2) is 25.4 Å². The van der Waals surface area contributed by atoms with Crippen LogP contribution in [0.25, 0.3) is 17.0 Å². The fourth-order valence-electron chi connectivity index (χ4n) is 1.89. The molecule has 2 heterocycles. The molecule has 0 radical (unpaired) electrons. The van der Waals surface area contributed by atoms with Gasteiger partial charge in [0.05, 0.1) is 5.69 Å². The molecule has 0 saturated heterocycles. The zero-order valence-electron chi connectivity index (χ0n) is 9.92. The molecule has 2 aromatic heterocycles. The second kappa shape index (κ2) is 4.37. The molecule has 3 aromatic rings. The first-order valence-corrected chi connectivity index (χ1v) is 5.59. The Morgan fingerprint density at radius 1 is 1.20 bits per heavy atom. The van der Waals surface area contributed by atoms with Crippen LogP contribution in [0.3, 0.4) is 0 Å². The summed E-state index contributed by atoms with van der Waals surface area (Å²) in [4.78, 5) is 18.7. The van der Waals surface area contributed by atoms with E-state index in [1.807, 2.05) is 0 Å². The fraction of sp³-hybridized carbons (Fsp3) is 0. The Kier molecular flexibility index (Phi) is 2.67. The van der Waals surface area contributed by atoms with Gasteiger partial charge in [0.15, 0.2) is 17.3 Å². The van der Waals surface area contributed by atoms with Crippen LogP contribution in [0.2, 0.25) is 0 Å². The normalized spacial score (nSPS) is 10.9. The summed E-state index contributed by atoms with van der Waals surface area (Å²) < 4.78 is 27.7. The van der Waals surface area contributed by atoms with Gasteiger partial charge in [-0.05, 0) is 24.3 Å². The molecular formula is C13H7F2N3O2. The third-order valence-corrected chi connectivity index (χ3v) is 2.80. The Labute approximate surface area is 111 Å². The standard InChI is InChI=1S/C13H7F2N3O2/c14-8-2-1-7(5-9(8)15)11-3-4-16-13-17-10(12(19)20)6-18(11)13/h1-6H,(H,19,20). The van der Waals surface area contributed by atoms with Crippen LogP contribution in [0.15, 0.2) is 36.7 Å². The maximum absolute atomic E-state index is 13.3. The lowest BCUT2D eigenvalue weighted by Crippen LogP contribution is -1.95. The lowest BCUT2D eigenvalue weighted by atomic mass is 10.1. The van der Waals surface area contributed by atoms with Gasteiger partial charge in [-0.15, -0.1) is 0 Å². The van der Waals surface area contributed by atoms with Crippen LogP contribution in [0.1, 0.15) is 10.5 Å². The number of nitrogens with zero attached hydrogens (tertiary/aromatic N) is 3. The Morgan fingerprint density at radius 2 is 2.00 bits per heavy atom. The van der Waals surface area contributed by atoms with E-state index in [1.165, 1.54) is 22.9 Å². The fourth-order valence-corrected chi connectivity index (χ4v) is 1.89. The van der Waals surface area contributed by atoms with Crippen LogP contribution in [0.5, 0.6) is 0 Å². The second-order valence-electron chi connectivity index (χ2n) is 4.06. The van der Waals surface area contributed by atoms with E-state index in [4.69, 9.17) is 5.11 Å². The number of fused-ring (bicyclic) bond motifs is 1. The van der Waals surface area contributed by atoms with E-state index in [0.717, 1.165) is 12.1 Å². The first kappa shape index (κ1) is 12.2. The van der Waals surface area contributed by atoms with Crippen LogP contribution >= 0.6 is 0 Å². The molecule has 0 spiro atoms. The smallest absolute Gasteiger partial charge is 0.356 e. The van der Waals surface area contributed by atoms with Gasteiger partial charge < -0.3 is 5.11 Å². The lowest BCUT2D eigenvalue weighted by Gasteiger charge is -2.05. The maximum atomic E-state index is 13.3. The molecule has 0 saturated carbocycles. The van der Waals surface area contributed by atoms with E-state index in [0.29, 0.717) is 11.3 Å². The molecule has 0 atom stereocenters. The molecule has 0 aliphatic rings. The molecular weight excluding hydrogens is 268 g/mol. The van der Waals surface area contributed by atoms with Gasteiger partial charge in [-0.3, -0.25) is 4.40 Å². The van der Waals surface area contributed by atoms with E-state index in [9.17, 15) is 13.6 Å². The summed E-state index contributed by atoms with van der Waals surface area (Å²) in [6, 6.07) is 5.00. The molecule has 1 aromatic carbocycles. The van der Waals surface area contributed by atoms with Crippen molar-refractivity contribution in [1.29, 1.82) is 0 Å². The number of aromatic nitrogens is 3. The highest BCUT2D eigenvalue weighted by Gasteiger charge is 2.13. The highest BCUT2D eigenvalue weighted by molar-refractivity contribution is 5.86. The van der Waals surface area contributed by atoms with Crippen LogP contribution < -0.4 is 0 Å². The summed E-state index contributed by atoms with van der Waals surface area (Å²) in [5.41, 5.74) is 0.687. The summed E-state index contributed by atoms with van der Waals surface area (Å²) in [5, 5.41) is 8.91. The van der Waals surface area contributed by atoms with Gasteiger partial charge in [0.2, 0.25) is 5.78 Å². The number of rotatable bonds is 2. The molecule has 20 heavy (non-hydrogen) atoms. The minimum Gasteiger partial charge on any atom is -0.476 e. The quantitative estimate of drug-likeness (QED) is 0.779. The maximum Gasteiger partial charge on any atom is 0.356 e. The number of halogens is 2. The number of imidazole rings is 1. The van der Waals surface area contributed by atoms with Crippen molar-refractivity contribution in [2.75, 3.05) is 0 Å². The van der Waals surface area contributed by atoms with Gasteiger partial charge in [0.1, 0.15) is 0 Å². The molecule has 100 valence electrons. The molecule has 3 rings (SSSR count). The van der Waals surface area contributed by atoms with Crippen molar-refractivity contribution in [1.82, 2.24) is 14.4 Å². The van der Waals surface area contributed by atoms with Gasteiger partial charge in [0.25, 0.3) is 0 Å². The second-order valence-corrected chi connectivity index (χ2v) is 4.06. The molecule has 0 aliphatic carbocycles. The van der Waals surface area contributed by atoms with E-state index in [-0.39, 0.29) is 11.5 Å². The number of carboxylic acids is 1. The van der Waals surface area contributed by atoms with E-state index < -0.39 is 17.6 Å². The molecule has 1 N–H and O–H groups in total. The molecule has 7 heteroatoms. The lowest BCUT2D eigenvalue weighted by molar-refractivity contribution is 0.0691. The number of benzene rings is 1. The van der Waals surface area contributed by atoms with Crippen LogP contribution in [0, 0.1) is 11.6 Å². The molecule has 0 aliphatic heterocycles. The van der Waals surface area contributed by atoms with Crippen molar-refractivity contribution in [2.24, 2.45) is 0 Å². The molecule has 5 nitrogen and oxygen atoms in total. The Hall–Kier alpha value is -2.83. The molecule has 0 amide bonds. The molecule has 0 bridgehead atoms. The predicted octanol–water partition coefficient (Wildman–Crippen LogP) is 2.37. The minimum atomic E-state index is -1.19. The van der Waals surface area contributed by atoms with Crippen molar-refractivity contribution < 1.29 is 18.7 Å².